The second-order valence-electron chi connectivity index (χ2n) is 4.22. The van der Waals surface area contributed by atoms with Gasteiger partial charge in [0.15, 0.2) is 0 Å². The monoisotopic (exact) mass is 350 g/mol. The third-order valence-electron chi connectivity index (χ3n) is 2.62. The Morgan fingerprint density at radius 1 is 1.38 bits per heavy atom. The zero-order valence-electron chi connectivity index (χ0n) is 10.9. The summed E-state index contributed by atoms with van der Waals surface area (Å²) in [6.45, 7) is 1.17. The molecule has 1 heterocycles. The average molecular weight is 351 g/mol. The maximum Gasteiger partial charge on any atom is 0.242 e. The minimum absolute atomic E-state index is 0.0713. The molecule has 2 N–H and O–H groups in total. The summed E-state index contributed by atoms with van der Waals surface area (Å²) in [7, 11) is -3.91. The molecule has 0 spiro atoms. The first-order valence-electron chi connectivity index (χ1n) is 5.83. The minimum atomic E-state index is -3.91. The molecule has 0 atom stereocenters. The number of hydrogen-bond donors (Lipinski definition) is 2. The van der Waals surface area contributed by atoms with Gasteiger partial charge in [0.05, 0.1) is 24.4 Å². The molecule has 1 aromatic carbocycles. The lowest BCUT2D eigenvalue weighted by atomic mass is 10.2. The van der Waals surface area contributed by atoms with Crippen LogP contribution >= 0.6 is 23.2 Å². The number of nitrogens with one attached hydrogen (secondary N) is 1. The number of aromatic nitrogens is 1. The summed E-state index contributed by atoms with van der Waals surface area (Å²) in [5, 5.41) is 9.25. The molecule has 0 saturated carbocycles. The summed E-state index contributed by atoms with van der Waals surface area (Å²) in [6.07, 6.45) is 1.49. The number of oxazole rings is 1. The maximum absolute atomic E-state index is 12.2. The molecular formula is C12H12Cl2N2O4S. The van der Waals surface area contributed by atoms with E-state index in [4.69, 9.17) is 32.7 Å². The Bertz CT molecular complexity index is 759. The number of nitrogens with zero attached hydrogens (tertiary/aromatic N) is 1. The predicted octanol–water partition coefficient (Wildman–Crippen LogP) is 2.26. The molecule has 21 heavy (non-hydrogen) atoms. The number of sulfonamides is 1. The quantitative estimate of drug-likeness (QED) is 0.862. The van der Waals surface area contributed by atoms with Crippen LogP contribution in [0.4, 0.5) is 0 Å². The molecule has 0 amide bonds. The molecule has 0 fully saturated rings. The predicted molar refractivity (Wildman–Crippen MR) is 77.7 cm³/mol. The molecular weight excluding hydrogens is 339 g/mol. The lowest BCUT2D eigenvalue weighted by Gasteiger charge is -2.10. The molecule has 6 nitrogen and oxygen atoms in total. The molecule has 0 saturated heterocycles. The van der Waals surface area contributed by atoms with Gasteiger partial charge in [-0.05, 0) is 24.6 Å². The first-order valence-corrected chi connectivity index (χ1v) is 8.07. The fourth-order valence-corrected chi connectivity index (χ4v) is 3.54. The van der Waals surface area contributed by atoms with Gasteiger partial charge in [-0.3, -0.25) is 0 Å². The van der Waals surface area contributed by atoms with Crippen LogP contribution < -0.4 is 4.72 Å². The third kappa shape index (κ3) is 3.75. The number of hydrogen-bond acceptors (Lipinski definition) is 5. The highest BCUT2D eigenvalue weighted by molar-refractivity contribution is 7.89. The molecule has 114 valence electrons. The van der Waals surface area contributed by atoms with Crippen molar-refractivity contribution in [2.24, 2.45) is 0 Å². The van der Waals surface area contributed by atoms with E-state index in [-0.39, 0.29) is 32.9 Å². The Kier molecular flexibility index (Phi) is 4.90. The van der Waals surface area contributed by atoms with Crippen LogP contribution in [0.25, 0.3) is 0 Å². The van der Waals surface area contributed by atoms with E-state index in [0.717, 1.165) is 0 Å². The van der Waals surface area contributed by atoms with Crippen molar-refractivity contribution in [1.82, 2.24) is 9.71 Å². The Morgan fingerprint density at radius 3 is 2.67 bits per heavy atom. The molecule has 0 aliphatic rings. The van der Waals surface area contributed by atoms with E-state index < -0.39 is 16.6 Å². The summed E-state index contributed by atoms with van der Waals surface area (Å²) in [5.41, 5.74) is 0.233. The van der Waals surface area contributed by atoms with E-state index in [2.05, 4.69) is 9.71 Å². The molecule has 0 aliphatic carbocycles. The van der Waals surface area contributed by atoms with Gasteiger partial charge in [-0.2, -0.15) is 0 Å². The molecule has 0 radical (unpaired) electrons. The number of aliphatic hydroxyl groups excluding tert-OH is 1. The van der Waals surface area contributed by atoms with Gasteiger partial charge in [0.2, 0.25) is 15.9 Å². The van der Waals surface area contributed by atoms with E-state index >= 15 is 0 Å². The Hall–Kier alpha value is -1.12. The fourth-order valence-electron chi connectivity index (χ4n) is 1.65. The number of aryl methyl sites for hydroxylation is 1. The van der Waals surface area contributed by atoms with Crippen molar-refractivity contribution in [2.75, 3.05) is 0 Å². The van der Waals surface area contributed by atoms with Crippen LogP contribution in [0.5, 0.6) is 0 Å². The van der Waals surface area contributed by atoms with Gasteiger partial charge in [0.1, 0.15) is 10.7 Å². The number of aliphatic hydroxyl groups is 1. The first-order chi connectivity index (χ1) is 9.83. The van der Waals surface area contributed by atoms with Crippen molar-refractivity contribution in [2.45, 2.75) is 25.0 Å². The number of benzene rings is 1. The van der Waals surface area contributed by atoms with Crippen molar-refractivity contribution in [3.63, 3.8) is 0 Å². The van der Waals surface area contributed by atoms with Crippen molar-refractivity contribution >= 4 is 33.2 Å². The smallest absolute Gasteiger partial charge is 0.242 e. The highest BCUT2D eigenvalue weighted by Gasteiger charge is 2.21. The van der Waals surface area contributed by atoms with E-state index in [1.165, 1.54) is 18.3 Å². The zero-order valence-corrected chi connectivity index (χ0v) is 13.3. The summed E-state index contributed by atoms with van der Waals surface area (Å²) in [5.74, 6) is 0.809. The Morgan fingerprint density at radius 2 is 2.10 bits per heavy atom. The summed E-state index contributed by atoms with van der Waals surface area (Å²) in [4.78, 5) is 3.69. The van der Waals surface area contributed by atoms with Crippen LogP contribution in [0.3, 0.4) is 0 Å². The van der Waals surface area contributed by atoms with Gasteiger partial charge in [-0.15, -0.1) is 0 Å². The van der Waals surface area contributed by atoms with Crippen LogP contribution in [0, 0.1) is 6.92 Å². The molecule has 0 aliphatic heterocycles. The third-order valence-corrected chi connectivity index (χ3v) is 4.82. The second kappa shape index (κ2) is 6.33. The summed E-state index contributed by atoms with van der Waals surface area (Å²) >= 11 is 11.8. The van der Waals surface area contributed by atoms with Crippen molar-refractivity contribution < 1.29 is 17.9 Å². The number of halogens is 2. The van der Waals surface area contributed by atoms with Gasteiger partial charge in [0, 0.05) is 5.02 Å². The largest absolute Gasteiger partial charge is 0.445 e. The van der Waals surface area contributed by atoms with E-state index in [1.807, 2.05) is 0 Å². The lowest BCUT2D eigenvalue weighted by Crippen LogP contribution is -2.24. The molecule has 9 heteroatoms. The summed E-state index contributed by atoms with van der Waals surface area (Å²) < 4.78 is 32.0. The van der Waals surface area contributed by atoms with Crippen molar-refractivity contribution in [3.05, 3.63) is 45.6 Å². The van der Waals surface area contributed by atoms with Crippen molar-refractivity contribution in [1.29, 1.82) is 0 Å². The SMILES string of the molecule is Cc1cnc(CNS(=O)(=O)c2cc(Cl)cc(CO)c2Cl)o1. The average Bonchev–Trinajstić information content (AvgIpc) is 2.84. The lowest BCUT2D eigenvalue weighted by molar-refractivity contribution is 0.281. The second-order valence-corrected chi connectivity index (χ2v) is 6.77. The van der Waals surface area contributed by atoms with Crippen LogP contribution in [0.2, 0.25) is 10.0 Å². The van der Waals surface area contributed by atoms with E-state index in [0.29, 0.717) is 5.76 Å². The van der Waals surface area contributed by atoms with E-state index in [1.54, 1.807) is 6.92 Å². The first kappa shape index (κ1) is 16.3. The van der Waals surface area contributed by atoms with Gasteiger partial charge in [-0.1, -0.05) is 23.2 Å². The normalized spacial score (nSPS) is 11.8. The Labute approximate surface area is 131 Å². The number of rotatable bonds is 5. The minimum Gasteiger partial charge on any atom is -0.445 e. The topological polar surface area (TPSA) is 92.4 Å². The summed E-state index contributed by atoms with van der Waals surface area (Å²) in [6, 6.07) is 2.62. The van der Waals surface area contributed by atoms with Gasteiger partial charge in [-0.25, -0.2) is 18.1 Å². The molecule has 2 rings (SSSR count). The van der Waals surface area contributed by atoms with Crippen LogP contribution in [0.15, 0.2) is 27.6 Å². The van der Waals surface area contributed by atoms with Gasteiger partial charge >= 0.3 is 0 Å². The van der Waals surface area contributed by atoms with Gasteiger partial charge < -0.3 is 9.52 Å². The van der Waals surface area contributed by atoms with Gasteiger partial charge in [0.25, 0.3) is 0 Å². The highest BCUT2D eigenvalue weighted by atomic mass is 35.5. The maximum atomic E-state index is 12.2. The van der Waals surface area contributed by atoms with Crippen LogP contribution in [-0.2, 0) is 23.2 Å². The standard InChI is InChI=1S/C12H12Cl2N2O4S/c1-7-4-15-11(20-7)5-16-21(18,19)10-3-9(13)2-8(6-17)12(10)14/h2-4,16-17H,5-6H2,1H3. The fraction of sp³-hybridized carbons (Fsp3) is 0.250. The highest BCUT2D eigenvalue weighted by Crippen LogP contribution is 2.29. The Balaban J connectivity index is 2.29. The molecule has 2 aromatic rings. The van der Waals surface area contributed by atoms with Crippen LogP contribution in [0.1, 0.15) is 17.2 Å². The van der Waals surface area contributed by atoms with E-state index in [9.17, 15) is 8.42 Å². The van der Waals surface area contributed by atoms with Crippen LogP contribution in [-0.4, -0.2) is 18.5 Å². The molecule has 0 bridgehead atoms. The molecule has 1 aromatic heterocycles. The zero-order chi connectivity index (χ0) is 15.6. The molecule has 0 unspecified atom stereocenters. The van der Waals surface area contributed by atoms with Crippen molar-refractivity contribution in [3.8, 4) is 0 Å².